The number of benzene rings is 1. The van der Waals surface area contributed by atoms with Crippen molar-refractivity contribution in [1.29, 1.82) is 0 Å². The Balaban J connectivity index is 1.47. The van der Waals surface area contributed by atoms with Gasteiger partial charge in [0.25, 0.3) is 0 Å². The summed E-state index contributed by atoms with van der Waals surface area (Å²) in [7, 11) is 0. The molecule has 3 aromatic rings. The van der Waals surface area contributed by atoms with Gasteiger partial charge in [-0.25, -0.2) is 19.9 Å². The molecule has 1 aromatic carbocycles. The SMILES string of the molecule is C=CC(=O)Nc1ccc2c(N3CC[C@@H](Nc4ncc(C(F)(F)F)cn4)C3)ncnc2c1. The lowest BCUT2D eigenvalue weighted by molar-refractivity contribution is -0.138. The van der Waals surface area contributed by atoms with Crippen LogP contribution in [0.3, 0.4) is 0 Å². The summed E-state index contributed by atoms with van der Waals surface area (Å²) in [4.78, 5) is 29.8. The number of fused-ring (bicyclic) bond motifs is 1. The highest BCUT2D eigenvalue weighted by Crippen LogP contribution is 2.30. The molecule has 0 saturated carbocycles. The number of anilines is 3. The Morgan fingerprint density at radius 2 is 1.97 bits per heavy atom. The summed E-state index contributed by atoms with van der Waals surface area (Å²) in [6.07, 6.45) is 0.448. The van der Waals surface area contributed by atoms with Crippen LogP contribution in [-0.4, -0.2) is 45.0 Å². The lowest BCUT2D eigenvalue weighted by Gasteiger charge is -2.19. The van der Waals surface area contributed by atoms with Gasteiger partial charge in [-0.3, -0.25) is 4.79 Å². The van der Waals surface area contributed by atoms with Crippen molar-refractivity contribution in [2.24, 2.45) is 0 Å². The van der Waals surface area contributed by atoms with E-state index < -0.39 is 11.7 Å². The Labute approximate surface area is 175 Å². The van der Waals surface area contributed by atoms with Crippen LogP contribution in [0.25, 0.3) is 10.9 Å². The molecule has 0 bridgehead atoms. The molecule has 1 aliphatic rings. The maximum Gasteiger partial charge on any atom is 0.419 e. The number of aromatic nitrogens is 4. The van der Waals surface area contributed by atoms with E-state index in [1.165, 1.54) is 12.4 Å². The van der Waals surface area contributed by atoms with Gasteiger partial charge in [-0.15, -0.1) is 0 Å². The number of nitrogens with zero attached hydrogens (tertiary/aromatic N) is 5. The zero-order valence-corrected chi connectivity index (χ0v) is 16.2. The molecule has 2 aromatic heterocycles. The number of nitrogens with one attached hydrogen (secondary N) is 2. The van der Waals surface area contributed by atoms with Gasteiger partial charge in [0.2, 0.25) is 11.9 Å². The van der Waals surface area contributed by atoms with E-state index in [4.69, 9.17) is 0 Å². The maximum atomic E-state index is 12.7. The van der Waals surface area contributed by atoms with Crippen molar-refractivity contribution in [1.82, 2.24) is 19.9 Å². The fourth-order valence-electron chi connectivity index (χ4n) is 3.37. The third kappa shape index (κ3) is 4.55. The fourth-order valence-corrected chi connectivity index (χ4v) is 3.37. The second-order valence-corrected chi connectivity index (χ2v) is 6.99. The van der Waals surface area contributed by atoms with Crippen LogP contribution < -0.4 is 15.5 Å². The molecule has 1 fully saturated rings. The summed E-state index contributed by atoms with van der Waals surface area (Å²) in [6, 6.07) is 5.30. The first kappa shape index (κ1) is 20.5. The molecule has 4 rings (SSSR count). The molecular weight excluding hydrogens is 411 g/mol. The van der Waals surface area contributed by atoms with E-state index in [1.54, 1.807) is 12.1 Å². The van der Waals surface area contributed by atoms with Gasteiger partial charge in [-0.05, 0) is 30.7 Å². The minimum Gasteiger partial charge on any atom is -0.354 e. The third-order valence-corrected chi connectivity index (χ3v) is 4.87. The van der Waals surface area contributed by atoms with Gasteiger partial charge in [0.05, 0.1) is 11.1 Å². The molecule has 31 heavy (non-hydrogen) atoms. The second-order valence-electron chi connectivity index (χ2n) is 6.99. The van der Waals surface area contributed by atoms with Crippen LogP contribution >= 0.6 is 0 Å². The predicted molar refractivity (Wildman–Crippen MR) is 110 cm³/mol. The van der Waals surface area contributed by atoms with E-state index in [-0.39, 0.29) is 17.9 Å². The normalized spacial score (nSPS) is 16.4. The van der Waals surface area contributed by atoms with Crippen molar-refractivity contribution < 1.29 is 18.0 Å². The Morgan fingerprint density at radius 1 is 1.19 bits per heavy atom. The van der Waals surface area contributed by atoms with Crippen LogP contribution in [0.15, 0.2) is 49.6 Å². The first-order valence-corrected chi connectivity index (χ1v) is 9.42. The van der Waals surface area contributed by atoms with E-state index >= 15 is 0 Å². The lowest BCUT2D eigenvalue weighted by Crippen LogP contribution is -2.27. The van der Waals surface area contributed by atoms with Crippen molar-refractivity contribution in [3.63, 3.8) is 0 Å². The Hall–Kier alpha value is -3.76. The maximum absolute atomic E-state index is 12.7. The summed E-state index contributed by atoms with van der Waals surface area (Å²) in [6.45, 7) is 4.70. The number of carbonyl (C=O) groups is 1. The molecule has 1 atom stereocenters. The smallest absolute Gasteiger partial charge is 0.354 e. The molecule has 8 nitrogen and oxygen atoms in total. The zero-order chi connectivity index (χ0) is 22.0. The van der Waals surface area contributed by atoms with E-state index in [0.29, 0.717) is 24.3 Å². The van der Waals surface area contributed by atoms with E-state index in [9.17, 15) is 18.0 Å². The summed E-state index contributed by atoms with van der Waals surface area (Å²) in [5.41, 5.74) is 0.388. The van der Waals surface area contributed by atoms with Crippen molar-refractivity contribution in [3.8, 4) is 0 Å². The standard InChI is InChI=1S/C20H18F3N7O/c1-2-17(31)28-13-3-4-15-16(7-13)26-11-27-18(15)30-6-5-14(10-30)29-19-24-8-12(9-25-19)20(21,22)23/h2-4,7-9,11,14H,1,5-6,10H2,(H,28,31)(H,24,25,29)/t14-/m1/s1. The summed E-state index contributed by atoms with van der Waals surface area (Å²) in [5, 5.41) is 6.59. The van der Waals surface area contributed by atoms with Gasteiger partial charge in [0.15, 0.2) is 0 Å². The molecular formula is C20H18F3N7O. The van der Waals surface area contributed by atoms with E-state index in [0.717, 1.165) is 30.0 Å². The summed E-state index contributed by atoms with van der Waals surface area (Å²) < 4.78 is 38.0. The summed E-state index contributed by atoms with van der Waals surface area (Å²) >= 11 is 0. The lowest BCUT2D eigenvalue weighted by atomic mass is 10.2. The molecule has 0 aliphatic carbocycles. The Kier molecular flexibility index (Phi) is 5.40. The fraction of sp³-hybridized carbons (Fsp3) is 0.250. The number of hydrogen-bond acceptors (Lipinski definition) is 7. The molecule has 11 heteroatoms. The topological polar surface area (TPSA) is 95.9 Å². The van der Waals surface area contributed by atoms with Crippen molar-refractivity contribution in [3.05, 3.63) is 55.1 Å². The van der Waals surface area contributed by atoms with Crippen LogP contribution in [-0.2, 0) is 11.0 Å². The van der Waals surface area contributed by atoms with E-state index in [2.05, 4.69) is 42.0 Å². The number of carbonyl (C=O) groups excluding carboxylic acids is 1. The Morgan fingerprint density at radius 3 is 2.68 bits per heavy atom. The number of hydrogen-bond donors (Lipinski definition) is 2. The van der Waals surface area contributed by atoms with Crippen LogP contribution in [0.2, 0.25) is 0 Å². The average molecular weight is 429 g/mol. The summed E-state index contributed by atoms with van der Waals surface area (Å²) in [5.74, 6) is 0.576. The average Bonchev–Trinajstić information content (AvgIpc) is 3.21. The van der Waals surface area contributed by atoms with Crippen LogP contribution in [0, 0.1) is 0 Å². The van der Waals surface area contributed by atoms with Crippen LogP contribution in [0.1, 0.15) is 12.0 Å². The molecule has 1 aliphatic heterocycles. The van der Waals surface area contributed by atoms with Crippen LogP contribution in [0.5, 0.6) is 0 Å². The molecule has 2 N–H and O–H groups in total. The number of rotatable bonds is 5. The Bertz CT molecular complexity index is 1120. The van der Waals surface area contributed by atoms with E-state index in [1.807, 2.05) is 6.07 Å². The predicted octanol–water partition coefficient (Wildman–Crippen LogP) is 3.25. The first-order chi connectivity index (χ1) is 14.8. The van der Waals surface area contributed by atoms with Gasteiger partial charge in [0.1, 0.15) is 12.1 Å². The van der Waals surface area contributed by atoms with Gasteiger partial charge in [-0.2, -0.15) is 13.2 Å². The van der Waals surface area contributed by atoms with Gasteiger partial charge in [0, 0.05) is 42.6 Å². The quantitative estimate of drug-likeness (QED) is 0.601. The van der Waals surface area contributed by atoms with Crippen molar-refractivity contribution in [2.75, 3.05) is 28.6 Å². The molecule has 0 spiro atoms. The van der Waals surface area contributed by atoms with Crippen molar-refractivity contribution >= 4 is 34.3 Å². The third-order valence-electron chi connectivity index (χ3n) is 4.87. The minimum absolute atomic E-state index is 0.0482. The van der Waals surface area contributed by atoms with Gasteiger partial charge in [-0.1, -0.05) is 6.58 Å². The minimum atomic E-state index is -4.47. The molecule has 0 radical (unpaired) electrons. The van der Waals surface area contributed by atoms with Crippen molar-refractivity contribution in [2.45, 2.75) is 18.6 Å². The molecule has 1 saturated heterocycles. The highest BCUT2D eigenvalue weighted by atomic mass is 19.4. The van der Waals surface area contributed by atoms with Crippen LogP contribution in [0.4, 0.5) is 30.6 Å². The molecule has 0 unspecified atom stereocenters. The highest BCUT2D eigenvalue weighted by molar-refractivity contribution is 6.01. The highest BCUT2D eigenvalue weighted by Gasteiger charge is 2.31. The number of amides is 1. The second kappa shape index (κ2) is 8.17. The largest absolute Gasteiger partial charge is 0.419 e. The monoisotopic (exact) mass is 429 g/mol. The van der Waals surface area contributed by atoms with Gasteiger partial charge >= 0.3 is 6.18 Å². The van der Waals surface area contributed by atoms with Gasteiger partial charge < -0.3 is 15.5 Å². The first-order valence-electron chi connectivity index (χ1n) is 9.42. The zero-order valence-electron chi connectivity index (χ0n) is 16.2. The molecule has 3 heterocycles. The number of halogens is 3. The molecule has 160 valence electrons. The molecule has 1 amide bonds. The number of alkyl halides is 3.